The molecule has 0 amide bonds. The predicted octanol–water partition coefficient (Wildman–Crippen LogP) is 2.91. The van der Waals surface area contributed by atoms with Crippen LogP contribution in [0.4, 0.5) is 0 Å². The van der Waals surface area contributed by atoms with Crippen molar-refractivity contribution in [2.45, 2.75) is 46.2 Å². The average Bonchev–Trinajstić information content (AvgIpc) is 3.23. The monoisotopic (exact) mass is 349 g/mol. The standard InChI is InChI=1S/C17H27N5OS/c1-12(2)17-19-16(20-23-17)10-22-6-5-14(8-22)7-21(4)9-15-13(3)18-11-24-15/h11-12,14H,5-10H2,1-4H3/t14-/m0/s1. The second kappa shape index (κ2) is 7.72. The number of hydrogen-bond acceptors (Lipinski definition) is 7. The van der Waals surface area contributed by atoms with E-state index in [1.54, 1.807) is 11.3 Å². The fourth-order valence-electron chi connectivity index (χ4n) is 3.20. The molecule has 1 fully saturated rings. The molecule has 0 bridgehead atoms. The van der Waals surface area contributed by atoms with Crippen molar-refractivity contribution in [3.05, 3.63) is 27.8 Å². The number of aromatic nitrogens is 3. The number of aryl methyl sites for hydroxylation is 1. The third-order valence-electron chi connectivity index (χ3n) is 4.54. The molecule has 1 saturated heterocycles. The van der Waals surface area contributed by atoms with Gasteiger partial charge in [-0.15, -0.1) is 11.3 Å². The number of likely N-dealkylation sites (tertiary alicyclic amines) is 1. The molecular weight excluding hydrogens is 322 g/mol. The normalized spacial score (nSPS) is 19.0. The summed E-state index contributed by atoms with van der Waals surface area (Å²) in [6.07, 6.45) is 1.24. The minimum atomic E-state index is 0.293. The van der Waals surface area contributed by atoms with Crippen molar-refractivity contribution in [1.29, 1.82) is 0 Å². The Hall–Kier alpha value is -1.31. The first-order chi connectivity index (χ1) is 11.5. The molecule has 2 aromatic heterocycles. The Bertz CT molecular complexity index is 653. The lowest BCUT2D eigenvalue weighted by Crippen LogP contribution is -2.28. The maximum Gasteiger partial charge on any atom is 0.229 e. The van der Waals surface area contributed by atoms with Gasteiger partial charge in [-0.25, -0.2) is 4.98 Å². The van der Waals surface area contributed by atoms with Crippen LogP contribution in [0.25, 0.3) is 0 Å². The molecular formula is C17H27N5OS. The van der Waals surface area contributed by atoms with E-state index < -0.39 is 0 Å². The quantitative estimate of drug-likeness (QED) is 0.766. The summed E-state index contributed by atoms with van der Waals surface area (Å²) < 4.78 is 5.30. The zero-order valence-corrected chi connectivity index (χ0v) is 15.8. The first-order valence-corrected chi connectivity index (χ1v) is 9.51. The van der Waals surface area contributed by atoms with Crippen LogP contribution in [0.15, 0.2) is 10.0 Å². The Morgan fingerprint density at radius 1 is 1.46 bits per heavy atom. The average molecular weight is 350 g/mol. The molecule has 132 valence electrons. The highest BCUT2D eigenvalue weighted by atomic mass is 32.1. The highest BCUT2D eigenvalue weighted by molar-refractivity contribution is 7.09. The summed E-state index contributed by atoms with van der Waals surface area (Å²) in [6.45, 7) is 11.4. The molecule has 0 aromatic carbocycles. The maximum absolute atomic E-state index is 5.30. The summed E-state index contributed by atoms with van der Waals surface area (Å²) in [4.78, 5) is 15.0. The molecule has 3 heterocycles. The lowest BCUT2D eigenvalue weighted by atomic mass is 10.1. The first-order valence-electron chi connectivity index (χ1n) is 8.63. The van der Waals surface area contributed by atoms with Crippen molar-refractivity contribution >= 4 is 11.3 Å². The smallest absolute Gasteiger partial charge is 0.229 e. The van der Waals surface area contributed by atoms with E-state index in [1.807, 2.05) is 5.51 Å². The molecule has 6 nitrogen and oxygen atoms in total. The second-order valence-corrected chi connectivity index (χ2v) is 8.09. The van der Waals surface area contributed by atoms with Crippen molar-refractivity contribution < 1.29 is 4.52 Å². The molecule has 1 atom stereocenters. The highest BCUT2D eigenvalue weighted by Crippen LogP contribution is 2.21. The molecule has 0 unspecified atom stereocenters. The van der Waals surface area contributed by atoms with E-state index >= 15 is 0 Å². The zero-order valence-electron chi connectivity index (χ0n) is 15.0. The maximum atomic E-state index is 5.30. The highest BCUT2D eigenvalue weighted by Gasteiger charge is 2.25. The molecule has 1 aliphatic heterocycles. The van der Waals surface area contributed by atoms with Crippen molar-refractivity contribution in [2.24, 2.45) is 5.92 Å². The summed E-state index contributed by atoms with van der Waals surface area (Å²) in [5.41, 5.74) is 3.10. The van der Waals surface area contributed by atoms with Crippen molar-refractivity contribution in [3.63, 3.8) is 0 Å². The van der Waals surface area contributed by atoms with Crippen molar-refractivity contribution in [3.8, 4) is 0 Å². The van der Waals surface area contributed by atoms with E-state index in [2.05, 4.69) is 52.7 Å². The summed E-state index contributed by atoms with van der Waals surface area (Å²) in [6, 6.07) is 0. The fourth-order valence-corrected chi connectivity index (χ4v) is 4.06. The lowest BCUT2D eigenvalue weighted by Gasteiger charge is -2.21. The van der Waals surface area contributed by atoms with Gasteiger partial charge in [-0.2, -0.15) is 4.98 Å². The molecule has 0 radical (unpaired) electrons. The van der Waals surface area contributed by atoms with Gasteiger partial charge in [-0.1, -0.05) is 19.0 Å². The SMILES string of the molecule is Cc1ncsc1CN(C)C[C@@H]1CCN(Cc2noc(C(C)C)n2)C1. The topological polar surface area (TPSA) is 58.3 Å². The summed E-state index contributed by atoms with van der Waals surface area (Å²) in [5.74, 6) is 2.55. The molecule has 3 rings (SSSR count). The van der Waals surface area contributed by atoms with Gasteiger partial charge in [-0.3, -0.25) is 4.90 Å². The van der Waals surface area contributed by atoms with Crippen LogP contribution in [-0.2, 0) is 13.1 Å². The van der Waals surface area contributed by atoms with Crippen LogP contribution < -0.4 is 0 Å². The minimum absolute atomic E-state index is 0.293. The Kier molecular flexibility index (Phi) is 5.63. The van der Waals surface area contributed by atoms with Crippen LogP contribution >= 0.6 is 11.3 Å². The number of nitrogens with zero attached hydrogens (tertiary/aromatic N) is 5. The molecule has 0 saturated carbocycles. The van der Waals surface area contributed by atoms with Crippen LogP contribution in [0.1, 0.15) is 48.5 Å². The van der Waals surface area contributed by atoms with Gasteiger partial charge in [-0.05, 0) is 32.9 Å². The Morgan fingerprint density at radius 2 is 2.29 bits per heavy atom. The van der Waals surface area contributed by atoms with Crippen LogP contribution in [0.2, 0.25) is 0 Å². The first kappa shape index (κ1) is 17.5. The van der Waals surface area contributed by atoms with Crippen molar-refractivity contribution in [1.82, 2.24) is 24.9 Å². The van der Waals surface area contributed by atoms with E-state index in [4.69, 9.17) is 4.52 Å². The molecule has 2 aromatic rings. The van der Waals surface area contributed by atoms with E-state index in [0.29, 0.717) is 11.8 Å². The Labute approximate surface area is 147 Å². The van der Waals surface area contributed by atoms with Crippen LogP contribution in [0, 0.1) is 12.8 Å². The van der Waals surface area contributed by atoms with E-state index in [9.17, 15) is 0 Å². The number of thiazole rings is 1. The predicted molar refractivity (Wildman–Crippen MR) is 95.0 cm³/mol. The molecule has 7 heteroatoms. The second-order valence-electron chi connectivity index (χ2n) is 7.15. The zero-order chi connectivity index (χ0) is 17.1. The van der Waals surface area contributed by atoms with Crippen molar-refractivity contribution in [2.75, 3.05) is 26.7 Å². The molecule has 0 spiro atoms. The number of rotatable bonds is 7. The van der Waals surface area contributed by atoms with Gasteiger partial charge in [0, 0.05) is 30.4 Å². The van der Waals surface area contributed by atoms with E-state index in [-0.39, 0.29) is 0 Å². The summed E-state index contributed by atoms with van der Waals surface area (Å²) in [7, 11) is 2.20. The van der Waals surface area contributed by atoms with Gasteiger partial charge in [0.1, 0.15) is 0 Å². The van der Waals surface area contributed by atoms with E-state index in [0.717, 1.165) is 50.1 Å². The largest absolute Gasteiger partial charge is 0.339 e. The molecule has 1 aliphatic rings. The number of hydrogen-bond donors (Lipinski definition) is 0. The van der Waals surface area contributed by atoms with Gasteiger partial charge in [0.15, 0.2) is 5.82 Å². The van der Waals surface area contributed by atoms with Crippen LogP contribution in [0.3, 0.4) is 0 Å². The Balaban J connectivity index is 1.45. The summed E-state index contributed by atoms with van der Waals surface area (Å²) in [5, 5.41) is 4.10. The van der Waals surface area contributed by atoms with Crippen LogP contribution in [-0.4, -0.2) is 51.6 Å². The van der Waals surface area contributed by atoms with Gasteiger partial charge in [0.25, 0.3) is 0 Å². The fraction of sp³-hybridized carbons (Fsp3) is 0.706. The summed E-state index contributed by atoms with van der Waals surface area (Å²) >= 11 is 1.75. The van der Waals surface area contributed by atoms with Gasteiger partial charge >= 0.3 is 0 Å². The van der Waals surface area contributed by atoms with Gasteiger partial charge in [0.05, 0.1) is 17.7 Å². The lowest BCUT2D eigenvalue weighted by molar-refractivity contribution is 0.252. The molecule has 24 heavy (non-hydrogen) atoms. The third-order valence-corrected chi connectivity index (χ3v) is 5.46. The van der Waals surface area contributed by atoms with Gasteiger partial charge < -0.3 is 9.42 Å². The third kappa shape index (κ3) is 4.40. The Morgan fingerprint density at radius 3 is 2.96 bits per heavy atom. The molecule has 0 aliphatic carbocycles. The van der Waals surface area contributed by atoms with Crippen LogP contribution in [0.5, 0.6) is 0 Å². The van der Waals surface area contributed by atoms with Gasteiger partial charge in [0.2, 0.25) is 5.89 Å². The molecule has 0 N–H and O–H groups in total. The minimum Gasteiger partial charge on any atom is -0.339 e. The van der Waals surface area contributed by atoms with E-state index in [1.165, 1.54) is 11.3 Å².